The molecular weight excluding hydrogens is 386 g/mol. The first-order valence-corrected chi connectivity index (χ1v) is 10.5. The fraction of sp³-hybridized carbons (Fsp3) is 0.222. The van der Waals surface area contributed by atoms with Crippen LogP contribution in [0.15, 0.2) is 52.3 Å². The molecule has 2 amide bonds. The van der Waals surface area contributed by atoms with Gasteiger partial charge in [0.25, 0.3) is 5.91 Å². The molecule has 1 aliphatic rings. The van der Waals surface area contributed by atoms with Crippen LogP contribution in [-0.4, -0.2) is 43.9 Å². The van der Waals surface area contributed by atoms with E-state index in [0.717, 1.165) is 9.20 Å². The summed E-state index contributed by atoms with van der Waals surface area (Å²) in [6.45, 7) is 1.82. The van der Waals surface area contributed by atoms with Gasteiger partial charge in [-0.05, 0) is 43.3 Å². The Morgan fingerprint density at radius 3 is 2.63 bits per heavy atom. The first kappa shape index (κ1) is 19.4. The average molecular weight is 406 g/mol. The molecule has 2 N–H and O–H groups in total. The minimum absolute atomic E-state index is 0.0911. The van der Waals surface area contributed by atoms with Crippen LogP contribution in [0.25, 0.3) is 0 Å². The highest BCUT2D eigenvalue weighted by molar-refractivity contribution is 8.01. The molecule has 0 aliphatic carbocycles. The molecule has 0 bridgehead atoms. The summed E-state index contributed by atoms with van der Waals surface area (Å²) in [5.74, 6) is -0.498. The number of nitrogens with one attached hydrogen (secondary N) is 2. The number of benzene rings is 2. The van der Waals surface area contributed by atoms with Crippen molar-refractivity contribution in [3.63, 3.8) is 0 Å². The topological polar surface area (TPSA) is 95.6 Å². The third-order valence-corrected chi connectivity index (χ3v) is 7.03. The van der Waals surface area contributed by atoms with Crippen LogP contribution in [0.5, 0.6) is 0 Å². The van der Waals surface area contributed by atoms with E-state index in [4.69, 9.17) is 0 Å². The molecule has 1 aliphatic heterocycles. The van der Waals surface area contributed by atoms with Crippen molar-refractivity contribution < 1.29 is 18.0 Å². The van der Waals surface area contributed by atoms with Gasteiger partial charge in [0.1, 0.15) is 0 Å². The molecule has 0 radical (unpaired) electrons. The summed E-state index contributed by atoms with van der Waals surface area (Å²) in [6.07, 6.45) is 0. The molecule has 3 rings (SSSR count). The predicted octanol–water partition coefficient (Wildman–Crippen LogP) is 2.62. The van der Waals surface area contributed by atoms with E-state index in [1.165, 1.54) is 38.0 Å². The van der Waals surface area contributed by atoms with Crippen LogP contribution < -0.4 is 10.6 Å². The van der Waals surface area contributed by atoms with Crippen molar-refractivity contribution in [2.45, 2.75) is 22.0 Å². The monoisotopic (exact) mass is 405 g/mol. The maximum atomic E-state index is 12.6. The number of carbonyl (C=O) groups excluding carboxylic acids is 2. The Labute approximate surface area is 162 Å². The molecule has 9 heteroatoms. The molecule has 0 spiro atoms. The summed E-state index contributed by atoms with van der Waals surface area (Å²) >= 11 is 1.44. The molecule has 7 nitrogen and oxygen atoms in total. The van der Waals surface area contributed by atoms with E-state index < -0.39 is 15.9 Å². The molecule has 0 fully saturated rings. The zero-order valence-corrected chi connectivity index (χ0v) is 16.6. The second-order valence-corrected chi connectivity index (χ2v) is 9.76. The van der Waals surface area contributed by atoms with Crippen LogP contribution in [0.4, 0.5) is 11.4 Å². The van der Waals surface area contributed by atoms with Gasteiger partial charge in [0.05, 0.1) is 15.8 Å². The van der Waals surface area contributed by atoms with Crippen LogP contribution in [-0.2, 0) is 14.8 Å². The lowest BCUT2D eigenvalue weighted by molar-refractivity contribution is -0.115. The molecule has 2 aromatic carbocycles. The zero-order valence-electron chi connectivity index (χ0n) is 15.0. The summed E-state index contributed by atoms with van der Waals surface area (Å²) < 4.78 is 25.6. The van der Waals surface area contributed by atoms with Gasteiger partial charge >= 0.3 is 0 Å². The van der Waals surface area contributed by atoms with E-state index in [2.05, 4.69) is 10.6 Å². The van der Waals surface area contributed by atoms with Crippen LogP contribution >= 0.6 is 11.8 Å². The van der Waals surface area contributed by atoms with Gasteiger partial charge in [-0.15, -0.1) is 11.8 Å². The normalized spacial score (nSPS) is 16.6. The zero-order chi connectivity index (χ0) is 19.8. The molecule has 1 atom stereocenters. The van der Waals surface area contributed by atoms with Gasteiger partial charge in [-0.2, -0.15) is 0 Å². The Morgan fingerprint density at radius 2 is 1.93 bits per heavy atom. The van der Waals surface area contributed by atoms with Crippen LogP contribution in [0.2, 0.25) is 0 Å². The Bertz CT molecular complexity index is 1020. The first-order valence-electron chi connectivity index (χ1n) is 8.14. The molecule has 0 saturated carbocycles. The van der Waals surface area contributed by atoms with Gasteiger partial charge in [-0.3, -0.25) is 9.59 Å². The maximum absolute atomic E-state index is 12.6. The molecule has 0 saturated heterocycles. The third kappa shape index (κ3) is 4.00. The summed E-state index contributed by atoms with van der Waals surface area (Å²) in [6, 6.07) is 11.1. The van der Waals surface area contributed by atoms with E-state index >= 15 is 0 Å². The molecular formula is C18H19N3O4S2. The summed E-state index contributed by atoms with van der Waals surface area (Å²) in [7, 11) is -0.701. The average Bonchev–Trinajstić information content (AvgIpc) is 2.62. The van der Waals surface area contributed by atoms with Crippen molar-refractivity contribution in [1.29, 1.82) is 0 Å². The number of anilines is 2. The Morgan fingerprint density at radius 1 is 1.19 bits per heavy atom. The standard InChI is InChI=1S/C18H19N3O4S2/c1-11-17(22)20-15-9-12(7-8-16(15)26-11)18(23)19-13-5-4-6-14(10-13)27(24,25)21(2)3/h4-11H,1-3H3,(H,19,23)(H,20,22)/t11-/m1/s1. The second kappa shape index (κ2) is 7.34. The molecule has 0 unspecified atom stereocenters. The Hall–Kier alpha value is -2.36. The van der Waals surface area contributed by atoms with Crippen molar-refractivity contribution in [2.24, 2.45) is 0 Å². The summed E-state index contributed by atoms with van der Waals surface area (Å²) in [5, 5.41) is 5.30. The fourth-order valence-electron chi connectivity index (χ4n) is 2.50. The number of nitrogens with zero attached hydrogens (tertiary/aromatic N) is 1. The fourth-order valence-corrected chi connectivity index (χ4v) is 4.38. The van der Waals surface area contributed by atoms with Gasteiger partial charge in [0, 0.05) is 30.2 Å². The number of hydrogen-bond acceptors (Lipinski definition) is 5. The second-order valence-electron chi connectivity index (χ2n) is 6.23. The van der Waals surface area contributed by atoms with Crippen molar-refractivity contribution in [3.8, 4) is 0 Å². The molecule has 142 valence electrons. The van der Waals surface area contributed by atoms with Gasteiger partial charge < -0.3 is 10.6 Å². The number of carbonyl (C=O) groups is 2. The number of amides is 2. The van der Waals surface area contributed by atoms with Gasteiger partial charge in [-0.1, -0.05) is 6.07 Å². The molecule has 2 aromatic rings. The number of sulfonamides is 1. The van der Waals surface area contributed by atoms with Gasteiger partial charge in [0.2, 0.25) is 15.9 Å². The van der Waals surface area contributed by atoms with E-state index in [1.807, 2.05) is 6.92 Å². The predicted molar refractivity (Wildman–Crippen MR) is 106 cm³/mol. The van der Waals surface area contributed by atoms with Crippen molar-refractivity contribution in [1.82, 2.24) is 4.31 Å². The Balaban J connectivity index is 1.83. The van der Waals surface area contributed by atoms with E-state index in [0.29, 0.717) is 16.9 Å². The van der Waals surface area contributed by atoms with Crippen LogP contribution in [0.1, 0.15) is 17.3 Å². The van der Waals surface area contributed by atoms with Crippen LogP contribution in [0, 0.1) is 0 Å². The van der Waals surface area contributed by atoms with E-state index in [-0.39, 0.29) is 16.1 Å². The van der Waals surface area contributed by atoms with Crippen LogP contribution in [0.3, 0.4) is 0 Å². The quantitative estimate of drug-likeness (QED) is 0.815. The number of thioether (sulfide) groups is 1. The summed E-state index contributed by atoms with van der Waals surface area (Å²) in [4.78, 5) is 25.4. The Kier molecular flexibility index (Phi) is 5.27. The minimum atomic E-state index is -3.59. The van der Waals surface area contributed by atoms with Crippen molar-refractivity contribution >= 4 is 45.0 Å². The van der Waals surface area contributed by atoms with Gasteiger partial charge in [-0.25, -0.2) is 12.7 Å². The lowest BCUT2D eigenvalue weighted by atomic mass is 10.1. The number of hydrogen-bond donors (Lipinski definition) is 2. The maximum Gasteiger partial charge on any atom is 0.255 e. The highest BCUT2D eigenvalue weighted by Gasteiger charge is 2.24. The van der Waals surface area contributed by atoms with Crippen molar-refractivity contribution in [3.05, 3.63) is 48.0 Å². The molecule has 0 aromatic heterocycles. The lowest BCUT2D eigenvalue weighted by Gasteiger charge is -2.21. The largest absolute Gasteiger partial charge is 0.324 e. The van der Waals surface area contributed by atoms with E-state index in [9.17, 15) is 18.0 Å². The minimum Gasteiger partial charge on any atom is -0.324 e. The molecule has 27 heavy (non-hydrogen) atoms. The van der Waals surface area contributed by atoms with Crippen molar-refractivity contribution in [2.75, 3.05) is 24.7 Å². The highest BCUT2D eigenvalue weighted by atomic mass is 32.2. The first-order chi connectivity index (χ1) is 12.7. The number of fused-ring (bicyclic) bond motifs is 1. The third-order valence-electron chi connectivity index (χ3n) is 4.04. The van der Waals surface area contributed by atoms with E-state index in [1.54, 1.807) is 30.3 Å². The number of rotatable bonds is 4. The van der Waals surface area contributed by atoms with Gasteiger partial charge in [0.15, 0.2) is 0 Å². The molecule has 1 heterocycles. The smallest absolute Gasteiger partial charge is 0.255 e. The lowest BCUT2D eigenvalue weighted by Crippen LogP contribution is -2.26. The highest BCUT2D eigenvalue weighted by Crippen LogP contribution is 2.36. The summed E-state index contributed by atoms with van der Waals surface area (Å²) in [5.41, 5.74) is 1.33. The SMILES string of the molecule is C[C@H]1Sc2ccc(C(=O)Nc3cccc(S(=O)(=O)N(C)C)c3)cc2NC1=O.